The zero-order chi connectivity index (χ0) is 16.1. The Kier molecular flexibility index (Phi) is 3.74. The van der Waals surface area contributed by atoms with Crippen LogP contribution >= 0.6 is 0 Å². The molecule has 2 aliphatic carbocycles. The van der Waals surface area contributed by atoms with Crippen LogP contribution in [-0.2, 0) is 0 Å². The monoisotopic (exact) mass is 311 g/mol. The molecule has 0 aromatic heterocycles. The zero-order valence-electron chi connectivity index (χ0n) is 15.2. The molecule has 1 aromatic carbocycles. The molecule has 1 heteroatoms. The summed E-state index contributed by atoms with van der Waals surface area (Å²) >= 11 is 0. The Labute approximate surface area is 142 Å². The Morgan fingerprint density at radius 1 is 1.09 bits per heavy atom. The minimum Gasteiger partial charge on any atom is -0.366 e. The zero-order valence-corrected chi connectivity index (χ0v) is 15.2. The van der Waals surface area contributed by atoms with E-state index in [0.717, 1.165) is 17.8 Å². The third-order valence-electron chi connectivity index (χ3n) is 7.45. The van der Waals surface area contributed by atoms with Crippen molar-refractivity contribution < 1.29 is 0 Å². The summed E-state index contributed by atoms with van der Waals surface area (Å²) in [4.78, 5) is 2.73. The second-order valence-electron chi connectivity index (χ2n) is 9.36. The molecule has 1 saturated heterocycles. The van der Waals surface area contributed by atoms with Gasteiger partial charge in [-0.05, 0) is 87.7 Å². The Morgan fingerprint density at radius 3 is 2.61 bits per heavy atom. The van der Waals surface area contributed by atoms with Gasteiger partial charge in [-0.1, -0.05) is 31.5 Å². The van der Waals surface area contributed by atoms with E-state index in [-0.39, 0.29) is 0 Å². The van der Waals surface area contributed by atoms with Gasteiger partial charge >= 0.3 is 0 Å². The standard InChI is InChI=1S/C22H33N/c1-4-17-12-18-10-11-22(19(13-17)14-18)15-21(2,3)23(16-22)20-8-6-5-7-9-20/h5-9,17-19H,4,10-16H2,1-3H3. The van der Waals surface area contributed by atoms with Crippen LogP contribution in [0, 0.1) is 23.2 Å². The number of anilines is 1. The summed E-state index contributed by atoms with van der Waals surface area (Å²) in [6.07, 6.45) is 10.3. The third kappa shape index (κ3) is 2.61. The lowest BCUT2D eigenvalue weighted by Crippen LogP contribution is -2.43. The van der Waals surface area contributed by atoms with E-state index in [0.29, 0.717) is 11.0 Å². The molecule has 23 heavy (non-hydrogen) atoms. The predicted octanol–water partition coefficient (Wildman–Crippen LogP) is 5.90. The molecule has 1 spiro atoms. The summed E-state index contributed by atoms with van der Waals surface area (Å²) in [6.45, 7) is 8.65. The average molecular weight is 312 g/mol. The average Bonchev–Trinajstić information content (AvgIpc) is 2.84. The van der Waals surface area contributed by atoms with E-state index < -0.39 is 0 Å². The smallest absolute Gasteiger partial charge is 0.0370 e. The van der Waals surface area contributed by atoms with Crippen LogP contribution in [0.15, 0.2) is 30.3 Å². The van der Waals surface area contributed by atoms with Gasteiger partial charge in [-0.3, -0.25) is 0 Å². The van der Waals surface area contributed by atoms with Gasteiger partial charge in [0.1, 0.15) is 0 Å². The first-order valence-electron chi connectivity index (χ1n) is 9.85. The minimum absolute atomic E-state index is 0.299. The summed E-state index contributed by atoms with van der Waals surface area (Å²) in [5, 5.41) is 0. The largest absolute Gasteiger partial charge is 0.366 e. The molecule has 126 valence electrons. The van der Waals surface area contributed by atoms with Crippen molar-refractivity contribution in [3.05, 3.63) is 30.3 Å². The highest BCUT2D eigenvalue weighted by molar-refractivity contribution is 5.51. The van der Waals surface area contributed by atoms with Crippen molar-refractivity contribution in [2.45, 2.75) is 71.3 Å². The molecule has 4 unspecified atom stereocenters. The van der Waals surface area contributed by atoms with Crippen LogP contribution in [0.25, 0.3) is 0 Å². The molecule has 1 heterocycles. The van der Waals surface area contributed by atoms with Gasteiger partial charge in [-0.2, -0.15) is 0 Å². The fourth-order valence-corrected chi connectivity index (χ4v) is 6.36. The summed E-state index contributed by atoms with van der Waals surface area (Å²) in [6, 6.07) is 11.1. The third-order valence-corrected chi connectivity index (χ3v) is 7.45. The second-order valence-corrected chi connectivity index (χ2v) is 9.36. The van der Waals surface area contributed by atoms with E-state index in [2.05, 4.69) is 56.0 Å². The number of nitrogens with zero attached hydrogens (tertiary/aromatic N) is 1. The van der Waals surface area contributed by atoms with Crippen molar-refractivity contribution in [2.24, 2.45) is 23.2 Å². The van der Waals surface area contributed by atoms with Crippen molar-refractivity contribution in [2.75, 3.05) is 11.4 Å². The maximum atomic E-state index is 2.73. The summed E-state index contributed by atoms with van der Waals surface area (Å²) in [7, 11) is 0. The van der Waals surface area contributed by atoms with Gasteiger partial charge in [0.05, 0.1) is 0 Å². The molecule has 2 saturated carbocycles. The van der Waals surface area contributed by atoms with Crippen molar-refractivity contribution in [1.82, 2.24) is 0 Å². The van der Waals surface area contributed by atoms with Gasteiger partial charge in [0, 0.05) is 17.8 Å². The van der Waals surface area contributed by atoms with Gasteiger partial charge in [-0.15, -0.1) is 0 Å². The molecule has 1 aromatic rings. The quantitative estimate of drug-likeness (QED) is 0.657. The van der Waals surface area contributed by atoms with Crippen LogP contribution in [0.4, 0.5) is 5.69 Å². The molecule has 3 aliphatic rings. The molecule has 0 amide bonds. The van der Waals surface area contributed by atoms with Gasteiger partial charge in [0.25, 0.3) is 0 Å². The lowest BCUT2D eigenvalue weighted by atomic mass is 9.55. The van der Waals surface area contributed by atoms with Crippen molar-refractivity contribution in [3.63, 3.8) is 0 Å². The number of fused-ring (bicyclic) bond motifs is 3. The normalized spacial score (nSPS) is 38.9. The number of rotatable bonds is 2. The fourth-order valence-electron chi connectivity index (χ4n) is 6.36. The SMILES string of the molecule is CCC1CC2CCC3(CN(c4ccccc4)C(C)(C)C3)C(C1)C2. The van der Waals surface area contributed by atoms with E-state index in [4.69, 9.17) is 0 Å². The van der Waals surface area contributed by atoms with Crippen LogP contribution in [0.2, 0.25) is 0 Å². The molecule has 4 atom stereocenters. The van der Waals surface area contributed by atoms with Crippen molar-refractivity contribution >= 4 is 5.69 Å². The number of hydrogen-bond donors (Lipinski definition) is 0. The molecule has 1 aliphatic heterocycles. The molecule has 0 N–H and O–H groups in total. The van der Waals surface area contributed by atoms with E-state index in [1.807, 2.05) is 0 Å². The fraction of sp³-hybridized carbons (Fsp3) is 0.727. The summed E-state index contributed by atoms with van der Waals surface area (Å²) < 4.78 is 0. The maximum Gasteiger partial charge on any atom is 0.0370 e. The number of para-hydroxylation sites is 1. The lowest BCUT2D eigenvalue weighted by Gasteiger charge is -2.50. The molecule has 3 fully saturated rings. The topological polar surface area (TPSA) is 3.24 Å². The van der Waals surface area contributed by atoms with Crippen LogP contribution in [-0.4, -0.2) is 12.1 Å². The van der Waals surface area contributed by atoms with E-state index in [1.165, 1.54) is 57.2 Å². The lowest BCUT2D eigenvalue weighted by molar-refractivity contribution is 0.0122. The first-order valence-corrected chi connectivity index (χ1v) is 9.85. The summed E-state index contributed by atoms with van der Waals surface area (Å²) in [5.74, 6) is 3.02. The highest BCUT2D eigenvalue weighted by Gasteiger charge is 2.55. The van der Waals surface area contributed by atoms with E-state index in [9.17, 15) is 0 Å². The van der Waals surface area contributed by atoms with Crippen LogP contribution in [0.1, 0.15) is 65.7 Å². The molecule has 0 radical (unpaired) electrons. The first-order chi connectivity index (χ1) is 11.0. The van der Waals surface area contributed by atoms with Crippen LogP contribution in [0.5, 0.6) is 0 Å². The van der Waals surface area contributed by atoms with Gasteiger partial charge < -0.3 is 4.90 Å². The Hall–Kier alpha value is -0.980. The predicted molar refractivity (Wildman–Crippen MR) is 98.8 cm³/mol. The molecular formula is C22H33N. The molecule has 4 rings (SSSR count). The van der Waals surface area contributed by atoms with Crippen molar-refractivity contribution in [3.8, 4) is 0 Å². The molecule has 1 nitrogen and oxygen atoms in total. The highest BCUT2D eigenvalue weighted by Crippen LogP contribution is 2.59. The molecular weight excluding hydrogens is 278 g/mol. The van der Waals surface area contributed by atoms with Gasteiger partial charge in [-0.25, -0.2) is 0 Å². The Balaban J connectivity index is 1.62. The Bertz CT molecular complexity index is 548. The van der Waals surface area contributed by atoms with Crippen molar-refractivity contribution in [1.29, 1.82) is 0 Å². The first kappa shape index (κ1) is 15.5. The van der Waals surface area contributed by atoms with Crippen LogP contribution < -0.4 is 4.90 Å². The van der Waals surface area contributed by atoms with Gasteiger partial charge in [0.2, 0.25) is 0 Å². The minimum atomic E-state index is 0.299. The summed E-state index contributed by atoms with van der Waals surface area (Å²) in [5.41, 5.74) is 2.32. The number of hydrogen-bond acceptors (Lipinski definition) is 1. The highest BCUT2D eigenvalue weighted by atomic mass is 15.2. The van der Waals surface area contributed by atoms with Crippen LogP contribution in [0.3, 0.4) is 0 Å². The Morgan fingerprint density at radius 2 is 1.87 bits per heavy atom. The van der Waals surface area contributed by atoms with Gasteiger partial charge in [0.15, 0.2) is 0 Å². The number of benzene rings is 1. The molecule has 2 bridgehead atoms. The maximum absolute atomic E-state index is 2.73. The van der Waals surface area contributed by atoms with E-state index in [1.54, 1.807) is 0 Å². The van der Waals surface area contributed by atoms with E-state index >= 15 is 0 Å². The second kappa shape index (κ2) is 5.53.